The summed E-state index contributed by atoms with van der Waals surface area (Å²) in [6, 6.07) is 10.3. The minimum Gasteiger partial charge on any atom is -0.393 e. The van der Waals surface area contributed by atoms with Crippen molar-refractivity contribution in [3.63, 3.8) is 0 Å². The summed E-state index contributed by atoms with van der Waals surface area (Å²) in [5, 5.41) is 21.0. The maximum absolute atomic E-state index is 9.99. The third-order valence-electron chi connectivity index (χ3n) is 4.91. The second-order valence-corrected chi connectivity index (χ2v) is 6.81. The Balaban J connectivity index is 1.63. The normalized spacial score (nSPS) is 20.3. The largest absolute Gasteiger partial charge is 0.393 e. The van der Waals surface area contributed by atoms with Gasteiger partial charge in [0.1, 0.15) is 0 Å². The van der Waals surface area contributed by atoms with E-state index in [9.17, 15) is 5.11 Å². The predicted molar refractivity (Wildman–Crippen MR) is 104 cm³/mol. The summed E-state index contributed by atoms with van der Waals surface area (Å²) in [5.41, 5.74) is 2.42. The Morgan fingerprint density at radius 1 is 1.23 bits per heavy atom. The lowest BCUT2D eigenvalue weighted by Gasteiger charge is -2.18. The first kappa shape index (κ1) is 18.5. The number of aromatic nitrogens is 2. The second kappa shape index (κ2) is 9.38. The molecule has 0 aliphatic heterocycles. The van der Waals surface area contributed by atoms with Gasteiger partial charge in [-0.2, -0.15) is 5.10 Å². The number of benzene rings is 1. The molecule has 1 aromatic heterocycles. The van der Waals surface area contributed by atoms with E-state index in [1.807, 2.05) is 23.0 Å². The number of rotatable bonds is 7. The van der Waals surface area contributed by atoms with Gasteiger partial charge in [0.2, 0.25) is 0 Å². The molecule has 6 heteroatoms. The van der Waals surface area contributed by atoms with Crippen LogP contribution in [0.2, 0.25) is 0 Å². The van der Waals surface area contributed by atoms with Crippen molar-refractivity contribution in [1.82, 2.24) is 20.4 Å². The van der Waals surface area contributed by atoms with Crippen LogP contribution in [-0.4, -0.2) is 40.0 Å². The molecule has 0 radical (unpaired) electrons. The number of aliphatic imine (C=N–C) groups is 1. The van der Waals surface area contributed by atoms with Gasteiger partial charge >= 0.3 is 0 Å². The predicted octanol–water partition coefficient (Wildman–Crippen LogP) is 2.15. The van der Waals surface area contributed by atoms with Gasteiger partial charge in [-0.1, -0.05) is 30.7 Å². The minimum absolute atomic E-state index is 0.180. The van der Waals surface area contributed by atoms with Gasteiger partial charge in [0, 0.05) is 31.4 Å². The van der Waals surface area contributed by atoms with E-state index in [0.717, 1.165) is 44.9 Å². The monoisotopic (exact) mass is 355 g/mol. The van der Waals surface area contributed by atoms with Crippen LogP contribution in [0.25, 0.3) is 0 Å². The van der Waals surface area contributed by atoms with Crippen molar-refractivity contribution >= 4 is 5.96 Å². The zero-order chi connectivity index (χ0) is 18.2. The Morgan fingerprint density at radius 3 is 2.77 bits per heavy atom. The standard InChI is InChI=1S/C20H29N5O/c1-2-21-20(23-14-17-9-5-10-19(17)26)22-13-16-7-3-4-8-18(16)15-25-12-6-11-24-25/h3-4,6-8,11-12,17,19,26H,2,5,9-10,13-15H2,1H3,(H2,21,22,23). The SMILES string of the molecule is CCNC(=NCc1ccccc1Cn1cccn1)NCC1CCCC1O. The molecule has 1 aromatic carbocycles. The Kier molecular flexibility index (Phi) is 6.66. The molecule has 1 heterocycles. The number of hydrogen-bond acceptors (Lipinski definition) is 3. The number of nitrogens with zero attached hydrogens (tertiary/aromatic N) is 3. The van der Waals surface area contributed by atoms with Crippen molar-refractivity contribution in [2.75, 3.05) is 13.1 Å². The van der Waals surface area contributed by atoms with Crippen molar-refractivity contribution in [3.05, 3.63) is 53.9 Å². The lowest BCUT2D eigenvalue weighted by atomic mass is 10.1. The fourth-order valence-electron chi connectivity index (χ4n) is 3.42. The topological polar surface area (TPSA) is 74.5 Å². The summed E-state index contributed by atoms with van der Waals surface area (Å²) in [6.45, 7) is 5.00. The van der Waals surface area contributed by atoms with Gasteiger partial charge in [-0.05, 0) is 37.0 Å². The van der Waals surface area contributed by atoms with Gasteiger partial charge < -0.3 is 15.7 Å². The Labute approximate surface area is 155 Å². The molecule has 0 amide bonds. The van der Waals surface area contributed by atoms with Crippen molar-refractivity contribution < 1.29 is 5.11 Å². The third kappa shape index (κ3) is 5.08. The van der Waals surface area contributed by atoms with E-state index in [0.29, 0.717) is 12.5 Å². The molecule has 0 bridgehead atoms. The third-order valence-corrected chi connectivity index (χ3v) is 4.91. The van der Waals surface area contributed by atoms with Gasteiger partial charge in [-0.25, -0.2) is 4.99 Å². The Bertz CT molecular complexity index is 698. The summed E-state index contributed by atoms with van der Waals surface area (Å²) in [4.78, 5) is 4.74. The average Bonchev–Trinajstić information content (AvgIpc) is 3.30. The highest BCUT2D eigenvalue weighted by Crippen LogP contribution is 2.24. The lowest BCUT2D eigenvalue weighted by Crippen LogP contribution is -2.41. The highest BCUT2D eigenvalue weighted by Gasteiger charge is 2.24. The summed E-state index contributed by atoms with van der Waals surface area (Å²) < 4.78 is 1.92. The highest BCUT2D eigenvalue weighted by molar-refractivity contribution is 5.79. The van der Waals surface area contributed by atoms with E-state index in [2.05, 4.69) is 40.9 Å². The molecule has 1 saturated carbocycles. The molecular formula is C20H29N5O. The first-order valence-electron chi connectivity index (χ1n) is 9.50. The van der Waals surface area contributed by atoms with Crippen molar-refractivity contribution in [3.8, 4) is 0 Å². The van der Waals surface area contributed by atoms with Gasteiger partial charge in [-0.15, -0.1) is 0 Å². The van der Waals surface area contributed by atoms with Gasteiger partial charge in [-0.3, -0.25) is 4.68 Å². The highest BCUT2D eigenvalue weighted by atomic mass is 16.3. The molecule has 0 spiro atoms. The van der Waals surface area contributed by atoms with E-state index < -0.39 is 0 Å². The molecule has 1 aliphatic carbocycles. The number of guanidine groups is 1. The van der Waals surface area contributed by atoms with Gasteiger partial charge in [0.15, 0.2) is 5.96 Å². The van der Waals surface area contributed by atoms with Crippen LogP contribution in [0.1, 0.15) is 37.3 Å². The molecule has 26 heavy (non-hydrogen) atoms. The van der Waals surface area contributed by atoms with Crippen LogP contribution in [0.5, 0.6) is 0 Å². The van der Waals surface area contributed by atoms with E-state index >= 15 is 0 Å². The second-order valence-electron chi connectivity index (χ2n) is 6.81. The Morgan fingerprint density at radius 2 is 2.08 bits per heavy atom. The minimum atomic E-state index is -0.180. The average molecular weight is 355 g/mol. The summed E-state index contributed by atoms with van der Waals surface area (Å²) in [6.07, 6.45) is 6.70. The van der Waals surface area contributed by atoms with Crippen LogP contribution < -0.4 is 10.6 Å². The zero-order valence-corrected chi connectivity index (χ0v) is 15.4. The first-order valence-corrected chi connectivity index (χ1v) is 9.50. The molecule has 3 rings (SSSR count). The van der Waals surface area contributed by atoms with E-state index in [1.54, 1.807) is 6.20 Å². The number of aliphatic hydroxyl groups is 1. The molecule has 2 unspecified atom stereocenters. The Hall–Kier alpha value is -2.34. The molecule has 1 aliphatic rings. The number of aliphatic hydroxyl groups excluding tert-OH is 1. The van der Waals surface area contributed by atoms with Crippen LogP contribution in [0.15, 0.2) is 47.7 Å². The molecule has 6 nitrogen and oxygen atoms in total. The van der Waals surface area contributed by atoms with Crippen LogP contribution in [0.3, 0.4) is 0 Å². The number of hydrogen-bond donors (Lipinski definition) is 3. The molecule has 3 N–H and O–H groups in total. The molecule has 0 saturated heterocycles. The maximum atomic E-state index is 9.99. The molecule has 2 aromatic rings. The summed E-state index contributed by atoms with van der Waals surface area (Å²) in [5.74, 6) is 1.13. The van der Waals surface area contributed by atoms with Crippen molar-refractivity contribution in [2.24, 2.45) is 10.9 Å². The fraction of sp³-hybridized carbons (Fsp3) is 0.500. The fourth-order valence-corrected chi connectivity index (χ4v) is 3.42. The maximum Gasteiger partial charge on any atom is 0.191 e. The zero-order valence-electron chi connectivity index (χ0n) is 15.4. The van der Waals surface area contributed by atoms with Crippen LogP contribution in [-0.2, 0) is 13.1 Å². The molecular weight excluding hydrogens is 326 g/mol. The molecule has 140 valence electrons. The lowest BCUT2D eigenvalue weighted by molar-refractivity contribution is 0.134. The quantitative estimate of drug-likeness (QED) is 0.525. The van der Waals surface area contributed by atoms with Gasteiger partial charge in [0.25, 0.3) is 0 Å². The summed E-state index contributed by atoms with van der Waals surface area (Å²) >= 11 is 0. The summed E-state index contributed by atoms with van der Waals surface area (Å²) in [7, 11) is 0. The first-order chi connectivity index (χ1) is 12.8. The molecule has 1 fully saturated rings. The van der Waals surface area contributed by atoms with Gasteiger partial charge in [0.05, 0.1) is 19.2 Å². The van der Waals surface area contributed by atoms with E-state index in [4.69, 9.17) is 4.99 Å². The number of nitrogens with one attached hydrogen (secondary N) is 2. The smallest absolute Gasteiger partial charge is 0.191 e. The van der Waals surface area contributed by atoms with Crippen LogP contribution in [0.4, 0.5) is 0 Å². The van der Waals surface area contributed by atoms with E-state index in [1.165, 1.54) is 11.1 Å². The van der Waals surface area contributed by atoms with Crippen molar-refractivity contribution in [1.29, 1.82) is 0 Å². The van der Waals surface area contributed by atoms with E-state index in [-0.39, 0.29) is 6.10 Å². The van der Waals surface area contributed by atoms with Crippen LogP contribution >= 0.6 is 0 Å². The molecule has 2 atom stereocenters. The van der Waals surface area contributed by atoms with Crippen LogP contribution in [0, 0.1) is 5.92 Å². The van der Waals surface area contributed by atoms with Crippen molar-refractivity contribution in [2.45, 2.75) is 45.4 Å².